The number of carbonyl (C=O) groups is 7. The third kappa shape index (κ3) is 16.4. The Morgan fingerprint density at radius 2 is 1.30 bits per heavy atom. The number of β-amino-alcohol motifs (C(OH)–C–C–N with tert-alkyl or cyclic N) is 1. The van der Waals surface area contributed by atoms with E-state index in [4.69, 9.17) is 20.9 Å². The molecule has 0 spiro atoms. The molecule has 0 saturated carbocycles. The Balaban J connectivity index is 1.06. The summed E-state index contributed by atoms with van der Waals surface area (Å²) in [5, 5.41) is 101. The summed E-state index contributed by atoms with van der Waals surface area (Å²) in [5.74, 6) is -8.67. The molecule has 0 aliphatic carbocycles. The Labute approximate surface area is 516 Å². The molecule has 5 aromatic rings. The van der Waals surface area contributed by atoms with Crippen molar-refractivity contribution in [2.24, 2.45) is 17.4 Å². The van der Waals surface area contributed by atoms with Crippen molar-refractivity contribution in [1.82, 2.24) is 46.6 Å². The first-order valence-corrected chi connectivity index (χ1v) is 30.2. The van der Waals surface area contributed by atoms with Crippen molar-refractivity contribution >= 4 is 52.7 Å². The van der Waals surface area contributed by atoms with Gasteiger partial charge < -0.3 is 93.1 Å². The van der Waals surface area contributed by atoms with Crippen LogP contribution in [-0.4, -0.2) is 216 Å². The van der Waals surface area contributed by atoms with Gasteiger partial charge in [0, 0.05) is 74.7 Å². The molecule has 1 aromatic heterocycles. The van der Waals surface area contributed by atoms with Gasteiger partial charge >= 0.3 is 0 Å². The second kappa shape index (κ2) is 30.5. The van der Waals surface area contributed by atoms with E-state index in [0.717, 1.165) is 39.0 Å². The lowest BCUT2D eigenvalue weighted by atomic mass is 9.98. The number of nitrogens with one attached hydrogen (secondary N) is 5. The Morgan fingerprint density at radius 3 is 1.93 bits per heavy atom. The van der Waals surface area contributed by atoms with Gasteiger partial charge in [-0.15, -0.1) is 10.2 Å². The van der Waals surface area contributed by atoms with E-state index in [1.807, 2.05) is 55.5 Å². The van der Waals surface area contributed by atoms with Crippen molar-refractivity contribution in [3.63, 3.8) is 0 Å². The Morgan fingerprint density at radius 1 is 0.708 bits per heavy atom. The molecule has 478 valence electrons. The molecule has 89 heavy (non-hydrogen) atoms. The van der Waals surface area contributed by atoms with Gasteiger partial charge in [-0.1, -0.05) is 85.0 Å². The van der Waals surface area contributed by atoms with Crippen molar-refractivity contribution in [3.05, 3.63) is 108 Å². The highest BCUT2D eigenvalue weighted by atomic mass is 32.1. The van der Waals surface area contributed by atoms with E-state index in [1.165, 1.54) is 48.6 Å². The fraction of sp³-hybridized carbons (Fsp3) is 0.459. The van der Waals surface area contributed by atoms with E-state index in [9.17, 15) is 69.3 Å². The number of aromatic nitrogens is 2. The van der Waals surface area contributed by atoms with Crippen LogP contribution < -0.4 is 42.8 Å². The molecule has 3 fully saturated rings. The summed E-state index contributed by atoms with van der Waals surface area (Å²) in [6, 6.07) is 15.2. The average Bonchev–Trinajstić information content (AvgIpc) is 2.00. The van der Waals surface area contributed by atoms with Gasteiger partial charge in [0.1, 0.15) is 52.9 Å². The molecule has 28 heteroatoms. The maximum absolute atomic E-state index is 14.7. The van der Waals surface area contributed by atoms with Gasteiger partial charge in [-0.2, -0.15) is 0 Å². The zero-order valence-electron chi connectivity index (χ0n) is 49.3. The van der Waals surface area contributed by atoms with Crippen molar-refractivity contribution in [3.8, 4) is 43.8 Å². The highest BCUT2D eigenvalue weighted by Gasteiger charge is 2.50. The number of aromatic hydroxyl groups is 1. The summed E-state index contributed by atoms with van der Waals surface area (Å²) >= 11 is 1.31. The number of amides is 7. The summed E-state index contributed by atoms with van der Waals surface area (Å²) in [6.45, 7) is 4.16. The van der Waals surface area contributed by atoms with E-state index in [0.29, 0.717) is 28.8 Å². The third-order valence-electron chi connectivity index (χ3n) is 15.8. The minimum absolute atomic E-state index is 0.00613. The lowest BCUT2D eigenvalue weighted by molar-refractivity contribution is -0.147. The highest BCUT2D eigenvalue weighted by Crippen LogP contribution is 2.33. The number of nitrogens with two attached hydrogens (primary N) is 2. The molecule has 8 rings (SSSR count). The van der Waals surface area contributed by atoms with Crippen LogP contribution in [0, 0.1) is 5.92 Å². The molecule has 0 bridgehead atoms. The third-order valence-corrected chi connectivity index (χ3v) is 16.8. The molecule has 4 aromatic carbocycles. The van der Waals surface area contributed by atoms with Gasteiger partial charge in [0.2, 0.25) is 35.4 Å². The van der Waals surface area contributed by atoms with E-state index in [2.05, 4.69) is 36.8 Å². The van der Waals surface area contributed by atoms with Crippen molar-refractivity contribution in [2.75, 3.05) is 45.9 Å². The van der Waals surface area contributed by atoms with Crippen LogP contribution in [-0.2, 0) is 46.5 Å². The first kappa shape index (κ1) is 66.9. The zero-order valence-corrected chi connectivity index (χ0v) is 50.1. The van der Waals surface area contributed by atoms with Gasteiger partial charge in [0.15, 0.2) is 11.5 Å². The summed E-state index contributed by atoms with van der Waals surface area (Å²) in [6.07, 6.45) is -11.9. The molecular weight excluding hydrogens is 1170 g/mol. The quantitative estimate of drug-likeness (QED) is 0.0471. The summed E-state index contributed by atoms with van der Waals surface area (Å²) in [4.78, 5) is 103. The van der Waals surface area contributed by atoms with E-state index in [1.54, 1.807) is 12.1 Å². The normalized spacial score (nSPS) is 25.1. The second-order valence-corrected chi connectivity index (χ2v) is 23.4. The summed E-state index contributed by atoms with van der Waals surface area (Å²) < 4.78 is 11.0. The van der Waals surface area contributed by atoms with Gasteiger partial charge in [-0.05, 0) is 73.3 Å². The summed E-state index contributed by atoms with van der Waals surface area (Å²) in [7, 11) is 0. The van der Waals surface area contributed by atoms with Crippen LogP contribution in [0.2, 0.25) is 0 Å². The van der Waals surface area contributed by atoms with E-state index in [-0.39, 0.29) is 55.3 Å². The zero-order chi connectivity index (χ0) is 64.2. The van der Waals surface area contributed by atoms with E-state index >= 15 is 0 Å². The number of hydrogen-bond donors (Lipinski definition) is 14. The van der Waals surface area contributed by atoms with Gasteiger partial charge in [0.25, 0.3) is 5.91 Å². The second-order valence-electron chi connectivity index (χ2n) is 22.4. The van der Waals surface area contributed by atoms with Crippen LogP contribution in [0.25, 0.3) is 32.3 Å². The Hall–Kier alpha value is -8.03. The van der Waals surface area contributed by atoms with Crippen LogP contribution in [0.1, 0.15) is 61.5 Å². The molecule has 27 nitrogen and oxygen atoms in total. The maximum Gasteiger partial charge on any atom is 0.251 e. The number of aliphatic hydroxyl groups excluding tert-OH is 6. The number of ether oxygens (including phenoxy) is 2. The van der Waals surface area contributed by atoms with Gasteiger partial charge in [-0.3, -0.25) is 33.6 Å². The molecule has 3 aliphatic rings. The molecule has 7 amide bonds. The lowest BCUT2D eigenvalue weighted by Crippen LogP contribution is -2.64. The Bertz CT molecular complexity index is 3280. The molecule has 3 aliphatic heterocycles. The molecule has 16 N–H and O–H groups in total. The highest BCUT2D eigenvalue weighted by molar-refractivity contribution is 7.17. The molecule has 4 heterocycles. The number of nitrogens with zero attached hydrogens (tertiary/aromatic N) is 4. The first-order chi connectivity index (χ1) is 42.6. The smallest absolute Gasteiger partial charge is 0.251 e. The van der Waals surface area contributed by atoms with Crippen LogP contribution in [0.3, 0.4) is 0 Å². The standard InChI is InChI=1S/C61H77N11O16S/c1-4-87-30-33-5-8-35(9-6-33)36-10-14-38(15-11-36)58-69-70-59(89-58)39-16-12-37(13-17-39)53(80)65-42-25-40(74)27-64-57(84)51-52(79)31(2)28-72(51)61(86)50(45(77)19-20-62)68-56(83)49(46(78)23-34-7-18-44(76)47(24-34)88-22-21-63)67-55(82)43-26-41(75)29-71(43)60(85)48(32(3)73)66-54(42)81/h5-18,24,31-32,40-43,45-46,48-52,73-79H,4,19-23,25-30,62-63H2,1-3H3,(H,64,84)(H,65,80)(H,66,81)(H,67,82)(H,68,83)/t31-,32+,40+,41+,42-,43-,45+,46+,48-,49-,50-,51-,52-/m0/s1. The number of phenolic OH excluding ortho intramolecular Hbond substituents is 1. The van der Waals surface area contributed by atoms with Crippen molar-refractivity contribution in [1.29, 1.82) is 0 Å². The van der Waals surface area contributed by atoms with Gasteiger partial charge in [0.05, 0.1) is 43.2 Å². The topological polar surface area (TPSA) is 424 Å². The van der Waals surface area contributed by atoms with Crippen LogP contribution in [0.5, 0.6) is 11.5 Å². The average molecular weight is 1250 g/mol. The predicted octanol–water partition coefficient (Wildman–Crippen LogP) is -1.58. The number of aliphatic hydroxyl groups is 6. The number of hydrogen-bond acceptors (Lipinski definition) is 21. The number of benzene rings is 4. The van der Waals surface area contributed by atoms with Crippen molar-refractivity contribution in [2.45, 2.75) is 126 Å². The fourth-order valence-electron chi connectivity index (χ4n) is 10.9. The molecule has 13 atom stereocenters. The van der Waals surface area contributed by atoms with Gasteiger partial charge in [-0.25, -0.2) is 0 Å². The molecule has 3 saturated heterocycles. The lowest BCUT2D eigenvalue weighted by Gasteiger charge is -2.34. The number of rotatable bonds is 18. The molecule has 0 unspecified atom stereocenters. The number of fused-ring (bicyclic) bond motifs is 2. The fourth-order valence-corrected chi connectivity index (χ4v) is 11.7. The number of phenols is 1. The predicted molar refractivity (Wildman–Crippen MR) is 323 cm³/mol. The summed E-state index contributed by atoms with van der Waals surface area (Å²) in [5.41, 5.74) is 16.2. The number of carbonyl (C=O) groups excluding carboxylic acids is 7. The largest absolute Gasteiger partial charge is 0.504 e. The van der Waals surface area contributed by atoms with Crippen LogP contribution in [0.4, 0.5) is 0 Å². The monoisotopic (exact) mass is 1250 g/mol. The molecule has 0 radical (unpaired) electrons. The maximum atomic E-state index is 14.7. The SMILES string of the molecule is CCOCc1ccc(-c2ccc(-c3nnc(-c4ccc(C(=O)N[C@H]5C[C@@H](O)CNC(=O)[C@@H]6[C@@H](O)[C@@H](C)CN6C(=O)[C@H]([C@H](O)CCN)NC(=O)[C@H]([C@H](O)Cc6ccc(O)c(OCCN)c6)NC(=O)[C@@H]6C[C@@H](O)CN6C(=O)[C@H]([C@@H](C)O)NC5=O)cc4)s3)cc2)cc1. The minimum Gasteiger partial charge on any atom is -0.504 e. The Kier molecular flexibility index (Phi) is 22.9. The first-order valence-electron chi connectivity index (χ1n) is 29.3. The van der Waals surface area contributed by atoms with E-state index < -0.39 is 152 Å². The van der Waals surface area contributed by atoms with Crippen LogP contribution >= 0.6 is 11.3 Å². The minimum atomic E-state index is -2.04. The van der Waals surface area contributed by atoms with Crippen molar-refractivity contribution < 1.29 is 78.8 Å². The molecular formula is C61H77N11O16S. The van der Waals surface area contributed by atoms with Crippen LogP contribution in [0.15, 0.2) is 91.0 Å².